The number of anilines is 1. The number of benzene rings is 3. The Morgan fingerprint density at radius 2 is 1.93 bits per heavy atom. The normalized spacial score (nSPS) is 12.1. The fourth-order valence-electron chi connectivity index (χ4n) is 2.72. The molecule has 0 bridgehead atoms. The van der Waals surface area contributed by atoms with Gasteiger partial charge in [-0.25, -0.2) is 5.43 Å². The topological polar surface area (TPSA) is 62.7 Å². The van der Waals surface area contributed by atoms with Gasteiger partial charge in [0.2, 0.25) is 0 Å². The summed E-state index contributed by atoms with van der Waals surface area (Å²) in [6.07, 6.45) is 1.56. The fourth-order valence-corrected chi connectivity index (χ4v) is 3.10. The van der Waals surface area contributed by atoms with Crippen LogP contribution in [-0.2, 0) is 4.79 Å². The van der Waals surface area contributed by atoms with Gasteiger partial charge in [-0.1, -0.05) is 52.3 Å². The van der Waals surface area contributed by atoms with E-state index < -0.39 is 6.04 Å². The molecule has 1 amide bonds. The van der Waals surface area contributed by atoms with Crippen molar-refractivity contribution in [1.29, 1.82) is 0 Å². The van der Waals surface area contributed by atoms with Crippen LogP contribution in [0.1, 0.15) is 12.5 Å². The zero-order valence-corrected chi connectivity index (χ0v) is 16.7. The minimum Gasteiger partial charge on any atom is -0.496 e. The van der Waals surface area contributed by atoms with E-state index in [1.54, 1.807) is 20.2 Å². The molecule has 0 aliphatic carbocycles. The maximum absolute atomic E-state index is 12.4. The van der Waals surface area contributed by atoms with E-state index in [4.69, 9.17) is 4.74 Å². The van der Waals surface area contributed by atoms with E-state index in [-0.39, 0.29) is 5.91 Å². The molecule has 6 heteroatoms. The molecule has 3 rings (SSSR count). The predicted molar refractivity (Wildman–Crippen MR) is 113 cm³/mol. The lowest BCUT2D eigenvalue weighted by atomic mass is 10.1. The Hall–Kier alpha value is -2.86. The van der Waals surface area contributed by atoms with Crippen molar-refractivity contribution in [2.75, 3.05) is 12.4 Å². The molecule has 3 aromatic rings. The number of rotatable bonds is 6. The van der Waals surface area contributed by atoms with Gasteiger partial charge >= 0.3 is 0 Å². The molecule has 138 valence electrons. The van der Waals surface area contributed by atoms with Crippen LogP contribution in [0.2, 0.25) is 0 Å². The third-order valence-corrected chi connectivity index (χ3v) is 4.62. The number of carbonyl (C=O) groups excluding carboxylic acids is 1. The van der Waals surface area contributed by atoms with Crippen LogP contribution in [0.5, 0.6) is 5.75 Å². The second kappa shape index (κ2) is 8.68. The summed E-state index contributed by atoms with van der Waals surface area (Å²) in [6.45, 7) is 1.80. The van der Waals surface area contributed by atoms with Gasteiger partial charge in [0.15, 0.2) is 0 Å². The van der Waals surface area contributed by atoms with Gasteiger partial charge in [-0.3, -0.25) is 4.79 Å². The van der Waals surface area contributed by atoms with Crippen molar-refractivity contribution in [2.45, 2.75) is 13.0 Å². The van der Waals surface area contributed by atoms with Crippen molar-refractivity contribution < 1.29 is 9.53 Å². The molecule has 0 aliphatic heterocycles. The van der Waals surface area contributed by atoms with Crippen LogP contribution in [0.25, 0.3) is 10.8 Å². The zero-order valence-electron chi connectivity index (χ0n) is 15.1. The van der Waals surface area contributed by atoms with Crippen molar-refractivity contribution in [3.05, 3.63) is 70.7 Å². The van der Waals surface area contributed by atoms with Gasteiger partial charge in [0.05, 0.1) is 13.3 Å². The lowest BCUT2D eigenvalue weighted by Crippen LogP contribution is -2.34. The molecule has 5 nitrogen and oxygen atoms in total. The first kappa shape index (κ1) is 18.9. The molecule has 0 aliphatic rings. The summed E-state index contributed by atoms with van der Waals surface area (Å²) < 4.78 is 6.19. The molecule has 0 spiro atoms. The van der Waals surface area contributed by atoms with Crippen LogP contribution < -0.4 is 15.5 Å². The summed E-state index contributed by atoms with van der Waals surface area (Å²) in [6, 6.07) is 19.1. The highest BCUT2D eigenvalue weighted by Gasteiger charge is 2.13. The van der Waals surface area contributed by atoms with Gasteiger partial charge in [0.1, 0.15) is 11.8 Å². The van der Waals surface area contributed by atoms with E-state index in [1.165, 1.54) is 0 Å². The first-order chi connectivity index (χ1) is 13.1. The average molecular weight is 426 g/mol. The molecule has 0 heterocycles. The van der Waals surface area contributed by atoms with E-state index in [0.717, 1.165) is 26.5 Å². The van der Waals surface area contributed by atoms with Crippen LogP contribution in [-0.4, -0.2) is 25.3 Å². The van der Waals surface area contributed by atoms with Gasteiger partial charge in [0, 0.05) is 21.1 Å². The number of hydrogen-bond donors (Lipinski definition) is 2. The average Bonchev–Trinajstić information content (AvgIpc) is 2.68. The molecular formula is C21H20BrN3O2. The quantitative estimate of drug-likeness (QED) is 0.449. The Labute approximate surface area is 166 Å². The fraction of sp³-hybridized carbons (Fsp3) is 0.143. The second-order valence-electron chi connectivity index (χ2n) is 6.01. The van der Waals surface area contributed by atoms with Crippen LogP contribution in [0, 0.1) is 0 Å². The van der Waals surface area contributed by atoms with E-state index in [1.807, 2.05) is 60.7 Å². The molecule has 27 heavy (non-hydrogen) atoms. The first-order valence-electron chi connectivity index (χ1n) is 8.49. The number of hydrazone groups is 1. The molecule has 1 unspecified atom stereocenters. The van der Waals surface area contributed by atoms with Gasteiger partial charge < -0.3 is 10.1 Å². The highest BCUT2D eigenvalue weighted by molar-refractivity contribution is 9.10. The molecule has 0 fully saturated rings. The third-order valence-electron chi connectivity index (χ3n) is 4.13. The van der Waals surface area contributed by atoms with Crippen molar-refractivity contribution >= 4 is 44.5 Å². The maximum Gasteiger partial charge on any atom is 0.262 e. The van der Waals surface area contributed by atoms with Crippen molar-refractivity contribution in [3.8, 4) is 5.75 Å². The summed E-state index contributed by atoms with van der Waals surface area (Å²) in [5, 5.41) is 9.49. The summed E-state index contributed by atoms with van der Waals surface area (Å²) in [5.41, 5.74) is 4.24. The van der Waals surface area contributed by atoms with Gasteiger partial charge in [0.25, 0.3) is 5.91 Å². The molecular weight excluding hydrogens is 406 g/mol. The molecule has 0 saturated heterocycles. The number of methoxy groups -OCH3 is 1. The van der Waals surface area contributed by atoms with Crippen LogP contribution in [0.15, 0.2) is 70.2 Å². The van der Waals surface area contributed by atoms with E-state index >= 15 is 0 Å². The number of ether oxygens (including phenoxy) is 1. The number of carbonyl (C=O) groups is 1. The Morgan fingerprint density at radius 3 is 2.74 bits per heavy atom. The van der Waals surface area contributed by atoms with E-state index in [2.05, 4.69) is 31.8 Å². The number of fused-ring (bicyclic) bond motifs is 1. The standard InChI is InChI=1S/C21H20BrN3O2/c1-14(24-19-9-5-7-15-6-3-4-8-18(15)19)21(26)25-23-13-16-12-17(22)10-11-20(16)27-2/h3-14,24H,1-2H3,(H,25,26)/b23-13+. The highest BCUT2D eigenvalue weighted by Crippen LogP contribution is 2.23. The predicted octanol–water partition coefficient (Wildman–Crippen LogP) is 4.56. The number of nitrogens with one attached hydrogen (secondary N) is 2. The van der Waals surface area contributed by atoms with Gasteiger partial charge in [-0.15, -0.1) is 0 Å². The monoisotopic (exact) mass is 425 g/mol. The summed E-state index contributed by atoms with van der Waals surface area (Å²) in [4.78, 5) is 12.4. The Bertz CT molecular complexity index is 983. The molecule has 3 aromatic carbocycles. The minimum absolute atomic E-state index is 0.229. The maximum atomic E-state index is 12.4. The lowest BCUT2D eigenvalue weighted by Gasteiger charge is -2.15. The van der Waals surface area contributed by atoms with Crippen molar-refractivity contribution in [1.82, 2.24) is 5.43 Å². The SMILES string of the molecule is COc1ccc(Br)cc1/C=N/NC(=O)C(C)Nc1cccc2ccccc12. The first-order valence-corrected chi connectivity index (χ1v) is 9.28. The Balaban J connectivity index is 1.67. The smallest absolute Gasteiger partial charge is 0.262 e. The molecule has 1 atom stereocenters. The van der Waals surface area contributed by atoms with Crippen LogP contribution in [0.3, 0.4) is 0 Å². The Morgan fingerprint density at radius 1 is 1.15 bits per heavy atom. The number of halogens is 1. The van der Waals surface area contributed by atoms with Crippen LogP contribution in [0.4, 0.5) is 5.69 Å². The largest absolute Gasteiger partial charge is 0.496 e. The van der Waals surface area contributed by atoms with Crippen molar-refractivity contribution in [2.24, 2.45) is 5.10 Å². The number of nitrogens with zero attached hydrogens (tertiary/aromatic N) is 1. The highest BCUT2D eigenvalue weighted by atomic mass is 79.9. The zero-order chi connectivity index (χ0) is 19.2. The number of hydrogen-bond acceptors (Lipinski definition) is 4. The summed E-state index contributed by atoms with van der Waals surface area (Å²) >= 11 is 3.41. The van der Waals surface area contributed by atoms with Gasteiger partial charge in [-0.2, -0.15) is 5.10 Å². The molecule has 2 N–H and O–H groups in total. The minimum atomic E-state index is -0.447. The molecule has 0 saturated carbocycles. The van der Waals surface area contributed by atoms with Crippen LogP contribution >= 0.6 is 15.9 Å². The van der Waals surface area contributed by atoms with Crippen molar-refractivity contribution in [3.63, 3.8) is 0 Å². The molecule has 0 radical (unpaired) electrons. The third kappa shape index (κ3) is 4.65. The summed E-state index contributed by atoms with van der Waals surface area (Å²) in [5.74, 6) is 0.450. The van der Waals surface area contributed by atoms with Gasteiger partial charge in [-0.05, 0) is 36.6 Å². The van der Waals surface area contributed by atoms with E-state index in [0.29, 0.717) is 5.75 Å². The molecule has 0 aromatic heterocycles. The second-order valence-corrected chi connectivity index (χ2v) is 6.93. The number of amides is 1. The van der Waals surface area contributed by atoms with E-state index in [9.17, 15) is 4.79 Å². The lowest BCUT2D eigenvalue weighted by molar-refractivity contribution is -0.121. The Kier molecular flexibility index (Phi) is 6.08. The summed E-state index contributed by atoms with van der Waals surface area (Å²) in [7, 11) is 1.59.